The summed E-state index contributed by atoms with van der Waals surface area (Å²) in [7, 11) is 0. The number of rotatable bonds is 10. The maximum absolute atomic E-state index is 10.4. The normalized spacial score (nSPS) is 17.1. The van der Waals surface area contributed by atoms with Crippen LogP contribution in [0, 0.1) is 18.3 Å². The molecule has 0 heterocycles. The van der Waals surface area contributed by atoms with E-state index in [4.69, 9.17) is 0 Å². The van der Waals surface area contributed by atoms with Gasteiger partial charge in [0.25, 0.3) is 0 Å². The Bertz CT molecular complexity index is 527. The van der Waals surface area contributed by atoms with Crippen LogP contribution in [-0.4, -0.2) is 38.7 Å². The fraction of sp³-hybridized carbons (Fsp3) is 0.714. The van der Waals surface area contributed by atoms with Crippen LogP contribution >= 0.6 is 0 Å². The molecule has 1 aromatic carbocycles. The van der Waals surface area contributed by atoms with Gasteiger partial charge in [-0.25, -0.2) is 0 Å². The van der Waals surface area contributed by atoms with Crippen molar-refractivity contribution in [2.24, 2.45) is 11.3 Å². The largest absolute Gasteiger partial charge is 0.508 e. The highest BCUT2D eigenvalue weighted by molar-refractivity contribution is 5.34. The van der Waals surface area contributed by atoms with Crippen LogP contribution in [0.5, 0.6) is 5.75 Å². The first kappa shape index (κ1) is 21.9. The van der Waals surface area contributed by atoms with Crippen LogP contribution in [0.4, 0.5) is 0 Å². The maximum atomic E-state index is 10.4. The van der Waals surface area contributed by atoms with E-state index in [0.29, 0.717) is 6.42 Å². The molecule has 0 aliphatic rings. The van der Waals surface area contributed by atoms with Crippen molar-refractivity contribution in [3.05, 3.63) is 29.3 Å². The first-order chi connectivity index (χ1) is 11.6. The van der Waals surface area contributed by atoms with Gasteiger partial charge in [-0.3, -0.25) is 0 Å². The molecular formula is C21H36O4. The zero-order valence-electron chi connectivity index (χ0n) is 16.4. The summed E-state index contributed by atoms with van der Waals surface area (Å²) in [6, 6.07) is 5.37. The van der Waals surface area contributed by atoms with E-state index in [1.54, 1.807) is 12.1 Å². The van der Waals surface area contributed by atoms with Crippen LogP contribution in [0.15, 0.2) is 18.2 Å². The fourth-order valence-electron chi connectivity index (χ4n) is 3.46. The Morgan fingerprint density at radius 2 is 1.76 bits per heavy atom. The average Bonchev–Trinajstić information content (AvgIpc) is 2.54. The topological polar surface area (TPSA) is 80.9 Å². The van der Waals surface area contributed by atoms with E-state index in [-0.39, 0.29) is 11.7 Å². The van der Waals surface area contributed by atoms with Gasteiger partial charge in [0.05, 0.1) is 12.2 Å². The minimum atomic E-state index is -1.13. The monoisotopic (exact) mass is 352 g/mol. The Morgan fingerprint density at radius 1 is 1.12 bits per heavy atom. The lowest BCUT2D eigenvalue weighted by Gasteiger charge is -2.36. The highest BCUT2D eigenvalue weighted by atomic mass is 16.4. The molecule has 0 aromatic heterocycles. The summed E-state index contributed by atoms with van der Waals surface area (Å²) in [5.74, 6) is 0.470. The molecule has 0 radical (unpaired) electrons. The van der Waals surface area contributed by atoms with Crippen molar-refractivity contribution in [1.29, 1.82) is 0 Å². The minimum Gasteiger partial charge on any atom is -0.508 e. The number of aliphatic hydroxyl groups is 3. The van der Waals surface area contributed by atoms with Crippen LogP contribution in [0.3, 0.4) is 0 Å². The molecular weight excluding hydrogens is 316 g/mol. The quantitative estimate of drug-likeness (QED) is 0.519. The van der Waals surface area contributed by atoms with Crippen molar-refractivity contribution >= 4 is 0 Å². The van der Waals surface area contributed by atoms with Crippen molar-refractivity contribution in [2.45, 2.75) is 85.0 Å². The molecule has 1 aromatic rings. The van der Waals surface area contributed by atoms with E-state index in [0.717, 1.165) is 36.8 Å². The van der Waals surface area contributed by atoms with Gasteiger partial charge in [-0.05, 0) is 67.2 Å². The van der Waals surface area contributed by atoms with E-state index < -0.39 is 23.7 Å². The number of phenols is 1. The van der Waals surface area contributed by atoms with Crippen LogP contribution < -0.4 is 0 Å². The van der Waals surface area contributed by atoms with Gasteiger partial charge in [0, 0.05) is 0 Å². The summed E-state index contributed by atoms with van der Waals surface area (Å²) >= 11 is 0. The molecule has 0 aliphatic heterocycles. The lowest BCUT2D eigenvalue weighted by molar-refractivity contribution is -0.110. The second kappa shape index (κ2) is 9.56. The van der Waals surface area contributed by atoms with E-state index in [9.17, 15) is 20.4 Å². The van der Waals surface area contributed by atoms with Crippen LogP contribution in [0.25, 0.3) is 0 Å². The van der Waals surface area contributed by atoms with Crippen molar-refractivity contribution in [3.8, 4) is 5.75 Å². The third kappa shape index (κ3) is 6.61. The van der Waals surface area contributed by atoms with Crippen molar-refractivity contribution < 1.29 is 20.4 Å². The number of aryl methyl sites for hydroxylation is 2. The summed E-state index contributed by atoms with van der Waals surface area (Å²) < 4.78 is 0. The molecule has 4 N–H and O–H groups in total. The van der Waals surface area contributed by atoms with E-state index in [2.05, 4.69) is 0 Å². The molecule has 4 nitrogen and oxygen atoms in total. The number of benzene rings is 1. The molecule has 0 spiro atoms. The van der Waals surface area contributed by atoms with E-state index in [1.165, 1.54) is 0 Å². The number of hydrogen-bond donors (Lipinski definition) is 4. The second-order valence-electron chi connectivity index (χ2n) is 8.23. The van der Waals surface area contributed by atoms with Gasteiger partial charge in [0.2, 0.25) is 0 Å². The van der Waals surface area contributed by atoms with Gasteiger partial charge in [-0.2, -0.15) is 0 Å². The molecule has 0 fully saturated rings. The Labute approximate surface area is 152 Å². The SMILES string of the molecule is CCCC(C)(C)[C@@H](O)[C@H](O)[C@H](O)CC(C)CCc1cc(O)ccc1C. The molecule has 1 unspecified atom stereocenters. The van der Waals surface area contributed by atoms with Gasteiger partial charge in [-0.1, -0.05) is 40.2 Å². The Kier molecular flexibility index (Phi) is 8.39. The van der Waals surface area contributed by atoms with Gasteiger partial charge in [0.1, 0.15) is 11.9 Å². The average molecular weight is 353 g/mol. The van der Waals surface area contributed by atoms with Crippen molar-refractivity contribution in [2.75, 3.05) is 0 Å². The minimum absolute atomic E-state index is 0.202. The highest BCUT2D eigenvalue weighted by Crippen LogP contribution is 2.31. The number of aliphatic hydroxyl groups excluding tert-OH is 3. The number of aromatic hydroxyl groups is 1. The Morgan fingerprint density at radius 3 is 2.36 bits per heavy atom. The summed E-state index contributed by atoms with van der Waals surface area (Å²) in [5.41, 5.74) is 1.82. The third-order valence-corrected chi connectivity index (χ3v) is 5.30. The Balaban J connectivity index is 2.55. The predicted molar refractivity (Wildman–Crippen MR) is 102 cm³/mol. The molecule has 0 saturated carbocycles. The molecule has 25 heavy (non-hydrogen) atoms. The first-order valence-electron chi connectivity index (χ1n) is 9.41. The van der Waals surface area contributed by atoms with Gasteiger partial charge >= 0.3 is 0 Å². The zero-order chi connectivity index (χ0) is 19.2. The molecule has 0 aliphatic carbocycles. The van der Waals surface area contributed by atoms with Gasteiger partial charge in [-0.15, -0.1) is 0 Å². The second-order valence-corrected chi connectivity index (χ2v) is 8.23. The standard InChI is InChI=1S/C21H36O4/c1-6-11-21(4,5)20(25)19(24)18(23)12-14(2)7-9-16-13-17(22)10-8-15(16)3/h8,10,13-14,18-20,22-25H,6-7,9,11-12H2,1-5H3/t14?,18-,19-,20+/m1/s1. The highest BCUT2D eigenvalue weighted by Gasteiger charge is 2.36. The predicted octanol–water partition coefficient (Wildman–Crippen LogP) is 3.57. The Hall–Kier alpha value is -1.10. The summed E-state index contributed by atoms with van der Waals surface area (Å²) in [6.07, 6.45) is 0.812. The van der Waals surface area contributed by atoms with Gasteiger partial charge < -0.3 is 20.4 Å². The molecule has 1 rings (SSSR count). The van der Waals surface area contributed by atoms with Crippen LogP contribution in [-0.2, 0) is 6.42 Å². The first-order valence-corrected chi connectivity index (χ1v) is 9.41. The van der Waals surface area contributed by atoms with Gasteiger partial charge in [0.15, 0.2) is 0 Å². The molecule has 144 valence electrons. The zero-order valence-corrected chi connectivity index (χ0v) is 16.4. The third-order valence-electron chi connectivity index (χ3n) is 5.30. The molecule has 0 saturated heterocycles. The van der Waals surface area contributed by atoms with Crippen LogP contribution in [0.1, 0.15) is 64.5 Å². The summed E-state index contributed by atoms with van der Waals surface area (Å²) in [4.78, 5) is 0. The maximum Gasteiger partial charge on any atom is 0.115 e. The molecule has 0 amide bonds. The van der Waals surface area contributed by atoms with E-state index in [1.807, 2.05) is 40.7 Å². The van der Waals surface area contributed by atoms with Crippen LogP contribution in [0.2, 0.25) is 0 Å². The molecule has 4 heteroatoms. The number of phenolic OH excluding ortho intramolecular Hbond substituents is 1. The van der Waals surface area contributed by atoms with Crippen molar-refractivity contribution in [1.82, 2.24) is 0 Å². The summed E-state index contributed by atoms with van der Waals surface area (Å²) in [5, 5.41) is 40.7. The molecule has 4 atom stereocenters. The molecule has 0 bridgehead atoms. The summed E-state index contributed by atoms with van der Waals surface area (Å²) in [6.45, 7) is 9.95. The van der Waals surface area contributed by atoms with E-state index >= 15 is 0 Å². The lowest BCUT2D eigenvalue weighted by atomic mass is 9.77. The van der Waals surface area contributed by atoms with Crippen molar-refractivity contribution in [3.63, 3.8) is 0 Å². The lowest BCUT2D eigenvalue weighted by Crippen LogP contribution is -2.46. The smallest absolute Gasteiger partial charge is 0.115 e. The fourth-order valence-corrected chi connectivity index (χ4v) is 3.46. The number of hydrogen-bond acceptors (Lipinski definition) is 4.